The molecule has 0 saturated heterocycles. The topological polar surface area (TPSA) is 99.8 Å². The minimum Gasteiger partial charge on any atom is -0.373 e. The van der Waals surface area contributed by atoms with E-state index in [9.17, 15) is 17.2 Å². The fourth-order valence-corrected chi connectivity index (χ4v) is 4.23. The van der Waals surface area contributed by atoms with Crippen molar-refractivity contribution >= 4 is 21.5 Å². The highest BCUT2D eigenvalue weighted by molar-refractivity contribution is 7.92. The van der Waals surface area contributed by atoms with E-state index in [-0.39, 0.29) is 5.69 Å². The van der Waals surface area contributed by atoms with Crippen LogP contribution >= 0.6 is 0 Å². The molecule has 0 aliphatic rings. The maximum absolute atomic E-state index is 14.0. The molecule has 0 saturated carbocycles. The van der Waals surface area contributed by atoms with E-state index < -0.39 is 26.6 Å². The van der Waals surface area contributed by atoms with Crippen LogP contribution in [0.1, 0.15) is 0 Å². The van der Waals surface area contributed by atoms with Gasteiger partial charge in [-0.2, -0.15) is 5.10 Å². The summed E-state index contributed by atoms with van der Waals surface area (Å²) in [6, 6.07) is 12.5. The molecule has 3 N–H and O–H groups in total. The predicted octanol–water partition coefficient (Wildman–Crippen LogP) is 4.26. The highest BCUT2D eigenvalue weighted by Gasteiger charge is 2.20. The molecule has 7 nitrogen and oxygen atoms in total. The van der Waals surface area contributed by atoms with Crippen molar-refractivity contribution < 1.29 is 17.2 Å². The molecule has 2 aromatic carbocycles. The summed E-state index contributed by atoms with van der Waals surface area (Å²) >= 11 is 0. The average molecular weight is 441 g/mol. The quantitative estimate of drug-likeness (QED) is 0.415. The van der Waals surface area contributed by atoms with Crippen molar-refractivity contribution in [3.05, 3.63) is 78.6 Å². The molecule has 4 aromatic rings. The maximum atomic E-state index is 14.0. The van der Waals surface area contributed by atoms with Crippen LogP contribution in [0, 0.1) is 11.6 Å². The molecule has 158 valence electrons. The zero-order chi connectivity index (χ0) is 22.0. The van der Waals surface area contributed by atoms with Crippen LogP contribution in [0.15, 0.2) is 71.9 Å². The summed E-state index contributed by atoms with van der Waals surface area (Å²) in [6.07, 6.45) is 3.32. The highest BCUT2D eigenvalue weighted by atomic mass is 32.2. The molecule has 0 aliphatic heterocycles. The number of nitrogens with zero attached hydrogens (tertiary/aromatic N) is 2. The third-order valence-corrected chi connectivity index (χ3v) is 5.95. The molecular formula is C21H17F2N5O2S. The van der Waals surface area contributed by atoms with Crippen LogP contribution in [-0.2, 0) is 10.0 Å². The predicted molar refractivity (Wildman–Crippen MR) is 114 cm³/mol. The second-order valence-electron chi connectivity index (χ2n) is 6.60. The van der Waals surface area contributed by atoms with Crippen LogP contribution in [0.3, 0.4) is 0 Å². The van der Waals surface area contributed by atoms with Gasteiger partial charge >= 0.3 is 0 Å². The van der Waals surface area contributed by atoms with Gasteiger partial charge in [0.05, 0.1) is 11.9 Å². The van der Waals surface area contributed by atoms with Crippen molar-refractivity contribution in [1.29, 1.82) is 0 Å². The first-order chi connectivity index (χ1) is 14.9. The lowest BCUT2D eigenvalue weighted by Gasteiger charge is -2.11. The van der Waals surface area contributed by atoms with Gasteiger partial charge in [-0.1, -0.05) is 12.1 Å². The van der Waals surface area contributed by atoms with E-state index in [1.807, 2.05) is 12.1 Å². The van der Waals surface area contributed by atoms with Crippen LogP contribution in [-0.4, -0.2) is 30.6 Å². The van der Waals surface area contributed by atoms with E-state index in [1.165, 1.54) is 6.07 Å². The monoisotopic (exact) mass is 441 g/mol. The summed E-state index contributed by atoms with van der Waals surface area (Å²) in [6.45, 7) is 0. The first-order valence-corrected chi connectivity index (χ1v) is 10.6. The molecule has 0 atom stereocenters. The van der Waals surface area contributed by atoms with Crippen LogP contribution in [0.25, 0.3) is 22.4 Å². The van der Waals surface area contributed by atoms with Crippen molar-refractivity contribution in [3.63, 3.8) is 0 Å². The Hall–Kier alpha value is -3.79. The first-order valence-electron chi connectivity index (χ1n) is 9.13. The van der Waals surface area contributed by atoms with Crippen LogP contribution in [0.2, 0.25) is 0 Å². The molecule has 4 rings (SSSR count). The Kier molecular flexibility index (Phi) is 5.38. The molecule has 0 bridgehead atoms. The SMILES string of the molecule is CNc1cc(-c2cn[nH]c2-c2cccc(NS(=O)(=O)c3cc(F)ccc3F)c2)ccn1. The number of anilines is 2. The Morgan fingerprint density at radius 3 is 2.65 bits per heavy atom. The number of hydrogen-bond acceptors (Lipinski definition) is 5. The van der Waals surface area contributed by atoms with Gasteiger partial charge in [0.15, 0.2) is 0 Å². The number of rotatable bonds is 6. The van der Waals surface area contributed by atoms with Crippen molar-refractivity contribution in [2.75, 3.05) is 17.1 Å². The van der Waals surface area contributed by atoms with Gasteiger partial charge in [0.2, 0.25) is 0 Å². The second kappa shape index (κ2) is 8.15. The number of pyridine rings is 1. The lowest BCUT2D eigenvalue weighted by atomic mass is 10.0. The van der Waals surface area contributed by atoms with Crippen molar-refractivity contribution in [1.82, 2.24) is 15.2 Å². The Morgan fingerprint density at radius 2 is 1.84 bits per heavy atom. The first kappa shape index (κ1) is 20.5. The average Bonchev–Trinajstić information content (AvgIpc) is 3.25. The smallest absolute Gasteiger partial charge is 0.264 e. The number of halogens is 2. The Bertz CT molecular complexity index is 1360. The van der Waals surface area contributed by atoms with Gasteiger partial charge < -0.3 is 5.32 Å². The van der Waals surface area contributed by atoms with Gasteiger partial charge in [0, 0.05) is 30.1 Å². The van der Waals surface area contributed by atoms with E-state index >= 15 is 0 Å². The number of sulfonamides is 1. The number of H-pyrrole nitrogens is 1. The van der Waals surface area contributed by atoms with Gasteiger partial charge in [-0.15, -0.1) is 0 Å². The van der Waals surface area contributed by atoms with E-state index in [1.54, 1.807) is 37.6 Å². The molecule has 0 spiro atoms. The van der Waals surface area contributed by atoms with Crippen LogP contribution in [0.5, 0.6) is 0 Å². The van der Waals surface area contributed by atoms with E-state index in [0.717, 1.165) is 23.3 Å². The third kappa shape index (κ3) is 4.24. The minimum absolute atomic E-state index is 0.187. The Balaban J connectivity index is 1.69. The summed E-state index contributed by atoms with van der Waals surface area (Å²) < 4.78 is 54.9. The normalized spacial score (nSPS) is 11.3. The fourth-order valence-electron chi connectivity index (χ4n) is 3.09. The highest BCUT2D eigenvalue weighted by Crippen LogP contribution is 2.32. The Labute approximate surface area is 177 Å². The summed E-state index contributed by atoms with van der Waals surface area (Å²) in [5, 5.41) is 10.00. The largest absolute Gasteiger partial charge is 0.373 e. The van der Waals surface area contributed by atoms with Crippen LogP contribution < -0.4 is 10.0 Å². The Morgan fingerprint density at radius 1 is 1.00 bits per heavy atom. The number of benzene rings is 2. The number of hydrogen-bond donors (Lipinski definition) is 3. The number of aromatic nitrogens is 3. The summed E-state index contributed by atoms with van der Waals surface area (Å²) in [5.74, 6) is -1.21. The van der Waals surface area contributed by atoms with E-state index in [0.29, 0.717) is 23.1 Å². The van der Waals surface area contributed by atoms with Gasteiger partial charge in [-0.3, -0.25) is 9.82 Å². The molecule has 0 amide bonds. The summed E-state index contributed by atoms with van der Waals surface area (Å²) in [4.78, 5) is 3.42. The third-order valence-electron chi connectivity index (χ3n) is 4.55. The van der Waals surface area contributed by atoms with Gasteiger partial charge in [0.25, 0.3) is 10.0 Å². The molecule has 10 heteroatoms. The van der Waals surface area contributed by atoms with Crippen LogP contribution in [0.4, 0.5) is 20.3 Å². The lowest BCUT2D eigenvalue weighted by molar-refractivity contribution is 0.555. The standard InChI is InChI=1S/C21H17F2N5O2S/c1-24-20-10-13(7-8-25-20)17-12-26-27-21(17)14-3-2-4-16(9-14)28-31(29,30)19-11-15(22)5-6-18(19)23/h2-12,28H,1H3,(H,24,25)(H,26,27). The van der Waals surface area contributed by atoms with Gasteiger partial charge in [0.1, 0.15) is 22.3 Å². The van der Waals surface area contributed by atoms with Crippen molar-refractivity contribution in [3.8, 4) is 22.4 Å². The molecule has 0 radical (unpaired) electrons. The van der Waals surface area contributed by atoms with Crippen molar-refractivity contribution in [2.24, 2.45) is 0 Å². The lowest BCUT2D eigenvalue weighted by Crippen LogP contribution is -2.15. The maximum Gasteiger partial charge on any atom is 0.264 e. The second-order valence-corrected chi connectivity index (χ2v) is 8.25. The minimum atomic E-state index is -4.33. The molecular weight excluding hydrogens is 424 g/mol. The summed E-state index contributed by atoms with van der Waals surface area (Å²) in [7, 11) is -2.57. The van der Waals surface area contributed by atoms with E-state index in [2.05, 4.69) is 25.2 Å². The zero-order valence-corrected chi connectivity index (χ0v) is 17.0. The molecule has 0 fully saturated rings. The summed E-state index contributed by atoms with van der Waals surface area (Å²) in [5.41, 5.74) is 3.14. The van der Waals surface area contributed by atoms with Gasteiger partial charge in [-0.25, -0.2) is 22.2 Å². The van der Waals surface area contributed by atoms with Gasteiger partial charge in [-0.05, 0) is 48.0 Å². The molecule has 31 heavy (non-hydrogen) atoms. The molecule has 2 heterocycles. The molecule has 0 unspecified atom stereocenters. The van der Waals surface area contributed by atoms with E-state index in [4.69, 9.17) is 0 Å². The fraction of sp³-hybridized carbons (Fsp3) is 0.0476. The number of nitrogens with one attached hydrogen (secondary N) is 3. The molecule has 2 aromatic heterocycles. The van der Waals surface area contributed by atoms with Crippen molar-refractivity contribution in [2.45, 2.75) is 4.90 Å². The molecule has 0 aliphatic carbocycles. The zero-order valence-electron chi connectivity index (χ0n) is 16.2. The number of aromatic amines is 1.